The van der Waals surface area contributed by atoms with Crippen LogP contribution in [0.15, 0.2) is 72.0 Å². The second-order valence-electron chi connectivity index (χ2n) is 6.43. The lowest BCUT2D eigenvalue weighted by Crippen LogP contribution is -2.33. The fourth-order valence-electron chi connectivity index (χ4n) is 3.21. The standard InChI is InChI=1S/C21H22N2O3/c1-14-7-5-6-10-19(14)22-12-11-15-13-18(21(25)26)16-8-3-2-4-9-17(16)20(24)23-15/h2-3,5-12,15,18,22H,4,13H2,1H3,(H,23,24)(H,25,26)/b12-11+. The van der Waals surface area contributed by atoms with Crippen molar-refractivity contribution in [2.75, 3.05) is 5.32 Å². The number of amides is 1. The van der Waals surface area contributed by atoms with E-state index in [9.17, 15) is 14.7 Å². The van der Waals surface area contributed by atoms with Gasteiger partial charge in [0, 0.05) is 11.3 Å². The van der Waals surface area contributed by atoms with Crippen LogP contribution < -0.4 is 10.6 Å². The molecule has 1 amide bonds. The molecule has 0 bridgehead atoms. The topological polar surface area (TPSA) is 78.4 Å². The van der Waals surface area contributed by atoms with Gasteiger partial charge in [0.25, 0.3) is 5.91 Å². The Morgan fingerprint density at radius 1 is 1.35 bits per heavy atom. The highest BCUT2D eigenvalue weighted by Gasteiger charge is 2.34. The highest BCUT2D eigenvalue weighted by molar-refractivity contribution is 6.00. The van der Waals surface area contributed by atoms with Crippen LogP contribution in [0.3, 0.4) is 0 Å². The summed E-state index contributed by atoms with van der Waals surface area (Å²) >= 11 is 0. The molecule has 1 aliphatic carbocycles. The second-order valence-corrected chi connectivity index (χ2v) is 6.43. The monoisotopic (exact) mass is 350 g/mol. The molecule has 5 nitrogen and oxygen atoms in total. The van der Waals surface area contributed by atoms with Crippen molar-refractivity contribution in [2.24, 2.45) is 5.92 Å². The van der Waals surface area contributed by atoms with E-state index in [1.165, 1.54) is 0 Å². The summed E-state index contributed by atoms with van der Waals surface area (Å²) in [7, 11) is 0. The van der Waals surface area contributed by atoms with E-state index in [4.69, 9.17) is 0 Å². The van der Waals surface area contributed by atoms with E-state index < -0.39 is 11.9 Å². The van der Waals surface area contributed by atoms with Crippen LogP contribution in [0.4, 0.5) is 5.69 Å². The van der Waals surface area contributed by atoms with Gasteiger partial charge in [-0.15, -0.1) is 0 Å². The Balaban J connectivity index is 1.81. The summed E-state index contributed by atoms with van der Waals surface area (Å²) in [4.78, 5) is 24.4. The zero-order valence-corrected chi connectivity index (χ0v) is 14.6. The number of nitrogens with one attached hydrogen (secondary N) is 2. The fourth-order valence-corrected chi connectivity index (χ4v) is 3.21. The van der Waals surface area contributed by atoms with E-state index in [2.05, 4.69) is 10.6 Å². The van der Waals surface area contributed by atoms with Crippen molar-refractivity contribution in [2.45, 2.75) is 25.8 Å². The lowest BCUT2D eigenvalue weighted by Gasteiger charge is -2.15. The van der Waals surface area contributed by atoms with Gasteiger partial charge in [-0.1, -0.05) is 42.5 Å². The number of para-hydroxylation sites is 1. The minimum Gasteiger partial charge on any atom is -0.481 e. The number of aliphatic carboxylic acids is 1. The van der Waals surface area contributed by atoms with Crippen molar-refractivity contribution in [1.82, 2.24) is 5.32 Å². The van der Waals surface area contributed by atoms with Gasteiger partial charge in [-0.25, -0.2) is 0 Å². The first-order valence-electron chi connectivity index (χ1n) is 8.66. The molecule has 0 spiro atoms. The average molecular weight is 350 g/mol. The molecule has 0 aromatic heterocycles. The van der Waals surface area contributed by atoms with Gasteiger partial charge in [0.2, 0.25) is 0 Å². The third kappa shape index (κ3) is 3.94. The van der Waals surface area contributed by atoms with Gasteiger partial charge in [-0.05, 0) is 49.2 Å². The third-order valence-corrected chi connectivity index (χ3v) is 4.62. The van der Waals surface area contributed by atoms with Crippen LogP contribution >= 0.6 is 0 Å². The Kier molecular flexibility index (Phi) is 5.37. The van der Waals surface area contributed by atoms with Gasteiger partial charge < -0.3 is 15.7 Å². The molecule has 134 valence electrons. The number of allylic oxidation sites excluding steroid dienone is 4. The van der Waals surface area contributed by atoms with Crippen molar-refractivity contribution in [3.63, 3.8) is 0 Å². The molecule has 3 N–H and O–H groups in total. The Bertz CT molecular complexity index is 833. The predicted octanol–water partition coefficient (Wildman–Crippen LogP) is 3.32. The van der Waals surface area contributed by atoms with Crippen molar-refractivity contribution >= 4 is 17.6 Å². The zero-order chi connectivity index (χ0) is 18.5. The summed E-state index contributed by atoms with van der Waals surface area (Å²) in [5.41, 5.74) is 3.12. The maximum atomic E-state index is 12.6. The molecule has 0 radical (unpaired) electrons. The van der Waals surface area contributed by atoms with Crippen LogP contribution in [0.5, 0.6) is 0 Å². The van der Waals surface area contributed by atoms with E-state index in [1.807, 2.05) is 49.4 Å². The maximum Gasteiger partial charge on any atom is 0.311 e. The summed E-state index contributed by atoms with van der Waals surface area (Å²) in [6.07, 6.45) is 11.8. The molecular formula is C21H22N2O3. The second kappa shape index (κ2) is 7.87. The van der Waals surface area contributed by atoms with Crippen LogP contribution in [-0.4, -0.2) is 23.0 Å². The van der Waals surface area contributed by atoms with Gasteiger partial charge in [0.05, 0.1) is 12.0 Å². The molecular weight excluding hydrogens is 328 g/mol. The third-order valence-electron chi connectivity index (χ3n) is 4.62. The summed E-state index contributed by atoms with van der Waals surface area (Å²) in [6.45, 7) is 2.00. The molecule has 1 aromatic carbocycles. The highest BCUT2D eigenvalue weighted by atomic mass is 16.4. The van der Waals surface area contributed by atoms with Gasteiger partial charge >= 0.3 is 5.97 Å². The molecule has 2 unspecified atom stereocenters. The number of anilines is 1. The van der Waals surface area contributed by atoms with Crippen molar-refractivity contribution in [1.29, 1.82) is 0 Å². The van der Waals surface area contributed by atoms with E-state index in [0.29, 0.717) is 24.0 Å². The molecule has 2 atom stereocenters. The van der Waals surface area contributed by atoms with Crippen LogP contribution in [0.1, 0.15) is 18.4 Å². The van der Waals surface area contributed by atoms with E-state index in [1.54, 1.807) is 18.4 Å². The van der Waals surface area contributed by atoms with Crippen LogP contribution in [0, 0.1) is 12.8 Å². The smallest absolute Gasteiger partial charge is 0.311 e. The lowest BCUT2D eigenvalue weighted by atomic mass is 9.88. The molecule has 1 saturated heterocycles. The Labute approximate surface area is 152 Å². The molecule has 1 fully saturated rings. The number of carboxylic acid groups (broad SMARTS) is 1. The number of carbonyl (C=O) groups excluding carboxylic acids is 1. The van der Waals surface area contributed by atoms with Crippen molar-refractivity contribution < 1.29 is 14.7 Å². The van der Waals surface area contributed by atoms with Gasteiger partial charge in [-0.3, -0.25) is 9.59 Å². The Morgan fingerprint density at radius 2 is 2.15 bits per heavy atom. The maximum absolute atomic E-state index is 12.6. The first kappa shape index (κ1) is 17.7. The normalized spacial score (nSPS) is 22.6. The number of benzene rings is 1. The molecule has 1 heterocycles. The largest absolute Gasteiger partial charge is 0.481 e. The van der Waals surface area contributed by atoms with Crippen LogP contribution in [-0.2, 0) is 9.59 Å². The summed E-state index contributed by atoms with van der Waals surface area (Å²) < 4.78 is 0. The van der Waals surface area contributed by atoms with Gasteiger partial charge in [0.15, 0.2) is 0 Å². The molecule has 3 rings (SSSR count). The van der Waals surface area contributed by atoms with Crippen molar-refractivity contribution in [3.8, 4) is 0 Å². The van der Waals surface area contributed by atoms with Crippen LogP contribution in [0.25, 0.3) is 0 Å². The predicted molar refractivity (Wildman–Crippen MR) is 102 cm³/mol. The number of hydrogen-bond donors (Lipinski definition) is 3. The first-order chi connectivity index (χ1) is 12.6. The summed E-state index contributed by atoms with van der Waals surface area (Å²) in [6, 6.07) is 7.51. The van der Waals surface area contributed by atoms with E-state index >= 15 is 0 Å². The molecule has 26 heavy (non-hydrogen) atoms. The van der Waals surface area contributed by atoms with Gasteiger partial charge in [-0.2, -0.15) is 0 Å². The SMILES string of the molecule is Cc1ccccc1N/C=C/C1CC(C(=O)O)C2=CC=CCC=C2C(=O)N1. The lowest BCUT2D eigenvalue weighted by molar-refractivity contribution is -0.140. The van der Waals surface area contributed by atoms with Crippen molar-refractivity contribution in [3.05, 3.63) is 77.6 Å². The molecule has 0 saturated carbocycles. The molecule has 1 aliphatic heterocycles. The number of rotatable bonds is 4. The highest BCUT2D eigenvalue weighted by Crippen LogP contribution is 2.30. The minimum absolute atomic E-state index is 0.228. The number of aryl methyl sites for hydroxylation is 1. The fraction of sp³-hybridized carbons (Fsp3) is 0.238. The first-order valence-corrected chi connectivity index (χ1v) is 8.66. The Hall–Kier alpha value is -3.08. The minimum atomic E-state index is -0.917. The number of hydrogen-bond acceptors (Lipinski definition) is 3. The number of carboxylic acids is 1. The summed E-state index contributed by atoms with van der Waals surface area (Å²) in [5, 5.41) is 15.8. The Morgan fingerprint density at radius 3 is 2.92 bits per heavy atom. The van der Waals surface area contributed by atoms with E-state index in [0.717, 1.165) is 11.3 Å². The zero-order valence-electron chi connectivity index (χ0n) is 14.6. The summed E-state index contributed by atoms with van der Waals surface area (Å²) in [5.74, 6) is -1.87. The van der Waals surface area contributed by atoms with Crippen LogP contribution in [0.2, 0.25) is 0 Å². The average Bonchev–Trinajstić information content (AvgIpc) is 2.92. The van der Waals surface area contributed by atoms with E-state index in [-0.39, 0.29) is 11.9 Å². The van der Waals surface area contributed by atoms with Gasteiger partial charge in [0.1, 0.15) is 0 Å². The number of fused-ring (bicyclic) bond motifs is 1. The quantitative estimate of drug-likeness (QED) is 0.778. The molecule has 5 heteroatoms. The molecule has 1 aromatic rings. The molecule has 2 aliphatic rings. The number of carbonyl (C=O) groups is 2.